The van der Waals surface area contributed by atoms with Crippen LogP contribution < -0.4 is 0 Å². The number of Topliss-reactive ketones (excluding diaryl/α,β-unsaturated/α-hetero) is 1. The number of aryl methyl sites for hydroxylation is 1. The topological polar surface area (TPSA) is 60.9 Å². The second-order valence-corrected chi connectivity index (χ2v) is 9.29. The first-order chi connectivity index (χ1) is 12.5. The van der Waals surface area contributed by atoms with Gasteiger partial charge in [0.1, 0.15) is 5.78 Å². The van der Waals surface area contributed by atoms with Gasteiger partial charge in [0, 0.05) is 51.6 Å². The minimum absolute atomic E-state index is 0.172. The predicted molar refractivity (Wildman–Crippen MR) is 102 cm³/mol. The molecule has 0 spiro atoms. The predicted octanol–water partition coefficient (Wildman–Crippen LogP) is 1.39. The van der Waals surface area contributed by atoms with Crippen molar-refractivity contribution in [2.45, 2.75) is 25.7 Å². The summed E-state index contributed by atoms with van der Waals surface area (Å²) >= 11 is 0. The van der Waals surface area contributed by atoms with Crippen LogP contribution in [0.2, 0.25) is 0 Å². The van der Waals surface area contributed by atoms with Crippen LogP contribution >= 0.6 is 0 Å². The third-order valence-electron chi connectivity index (χ3n) is 5.46. The van der Waals surface area contributed by atoms with Crippen molar-refractivity contribution < 1.29 is 13.2 Å². The minimum atomic E-state index is -3.45. The fraction of sp³-hybridized carbons (Fsp3) is 0.632. The maximum absolute atomic E-state index is 12.9. The van der Waals surface area contributed by atoms with Crippen molar-refractivity contribution in [3.8, 4) is 0 Å². The van der Waals surface area contributed by atoms with E-state index in [9.17, 15) is 13.2 Å². The van der Waals surface area contributed by atoms with E-state index in [0.29, 0.717) is 32.6 Å². The number of hydrogen-bond donors (Lipinski definition) is 0. The Labute approximate surface area is 157 Å². The molecule has 0 radical (unpaired) electrons. The second kappa shape index (κ2) is 8.61. The molecule has 144 valence electrons. The molecule has 2 saturated heterocycles. The summed E-state index contributed by atoms with van der Waals surface area (Å²) in [6, 6.07) is 9.97. The Morgan fingerprint density at radius 1 is 1.04 bits per heavy atom. The number of piperazine rings is 1. The maximum Gasteiger partial charge on any atom is 0.282 e. The Bertz CT molecular complexity index is 700. The molecule has 1 aromatic rings. The third kappa shape index (κ3) is 4.71. The summed E-state index contributed by atoms with van der Waals surface area (Å²) in [5.74, 6) is 0.0156. The standard InChI is InChI=1S/C19H29N3O3S/c1-20-12-14-21(15-13-20)26(24,25)22-11-5-8-18(16-22)19(23)10-9-17-6-3-2-4-7-17/h2-4,6-7,18H,5,8-16H2,1H3. The van der Waals surface area contributed by atoms with E-state index < -0.39 is 10.2 Å². The summed E-state index contributed by atoms with van der Waals surface area (Å²) in [5, 5.41) is 0. The van der Waals surface area contributed by atoms with Gasteiger partial charge in [-0.1, -0.05) is 30.3 Å². The Morgan fingerprint density at radius 3 is 2.42 bits per heavy atom. The number of likely N-dealkylation sites (N-methyl/N-ethyl adjacent to an activating group) is 1. The number of rotatable bonds is 6. The summed E-state index contributed by atoms with van der Waals surface area (Å²) in [6.07, 6.45) is 2.76. The molecule has 0 amide bonds. The van der Waals surface area contributed by atoms with Crippen molar-refractivity contribution in [3.63, 3.8) is 0 Å². The molecule has 2 fully saturated rings. The van der Waals surface area contributed by atoms with E-state index in [1.165, 1.54) is 4.31 Å². The van der Waals surface area contributed by atoms with E-state index in [4.69, 9.17) is 0 Å². The number of hydrogen-bond acceptors (Lipinski definition) is 4. The minimum Gasteiger partial charge on any atom is -0.304 e. The van der Waals surface area contributed by atoms with Crippen LogP contribution in [0.3, 0.4) is 0 Å². The van der Waals surface area contributed by atoms with Crippen molar-refractivity contribution in [1.29, 1.82) is 0 Å². The highest BCUT2D eigenvalue weighted by molar-refractivity contribution is 7.86. The summed E-state index contributed by atoms with van der Waals surface area (Å²) in [4.78, 5) is 14.8. The number of piperidine rings is 1. The normalized spacial score (nSPS) is 23.8. The van der Waals surface area contributed by atoms with Crippen LogP contribution in [0.25, 0.3) is 0 Å². The van der Waals surface area contributed by atoms with E-state index >= 15 is 0 Å². The zero-order chi connectivity index (χ0) is 18.6. The molecule has 0 aromatic heterocycles. The molecule has 0 saturated carbocycles. The molecule has 7 heteroatoms. The van der Waals surface area contributed by atoms with Crippen molar-refractivity contribution in [3.05, 3.63) is 35.9 Å². The van der Waals surface area contributed by atoms with Gasteiger partial charge in [0.2, 0.25) is 0 Å². The van der Waals surface area contributed by atoms with Gasteiger partial charge < -0.3 is 4.90 Å². The highest BCUT2D eigenvalue weighted by Gasteiger charge is 2.36. The first kappa shape index (κ1) is 19.5. The molecule has 1 aromatic carbocycles. The lowest BCUT2D eigenvalue weighted by Gasteiger charge is -2.38. The average Bonchev–Trinajstić information content (AvgIpc) is 2.67. The Hall–Kier alpha value is -1.28. The molecule has 2 heterocycles. The van der Waals surface area contributed by atoms with Crippen molar-refractivity contribution >= 4 is 16.0 Å². The molecule has 0 aliphatic carbocycles. The Morgan fingerprint density at radius 2 is 1.73 bits per heavy atom. The highest BCUT2D eigenvalue weighted by Crippen LogP contribution is 2.24. The van der Waals surface area contributed by atoms with Crippen LogP contribution in [-0.2, 0) is 21.4 Å². The van der Waals surface area contributed by atoms with Crippen molar-refractivity contribution in [2.75, 3.05) is 46.3 Å². The molecule has 0 N–H and O–H groups in total. The number of carbonyl (C=O) groups is 1. The zero-order valence-corrected chi connectivity index (χ0v) is 16.3. The van der Waals surface area contributed by atoms with Gasteiger partial charge in [-0.2, -0.15) is 17.0 Å². The quantitative estimate of drug-likeness (QED) is 0.749. The van der Waals surface area contributed by atoms with Gasteiger partial charge in [-0.05, 0) is 31.9 Å². The first-order valence-corrected chi connectivity index (χ1v) is 10.9. The number of benzene rings is 1. The number of carbonyl (C=O) groups excluding carboxylic acids is 1. The molecule has 26 heavy (non-hydrogen) atoms. The van der Waals surface area contributed by atoms with E-state index in [1.54, 1.807) is 4.31 Å². The van der Waals surface area contributed by atoms with E-state index in [0.717, 1.165) is 37.9 Å². The molecule has 2 aliphatic rings. The molecule has 3 rings (SSSR count). The lowest BCUT2D eigenvalue weighted by molar-refractivity contribution is -0.123. The number of ketones is 1. The number of nitrogens with zero attached hydrogens (tertiary/aromatic N) is 3. The van der Waals surface area contributed by atoms with Crippen LogP contribution in [0.1, 0.15) is 24.8 Å². The van der Waals surface area contributed by atoms with Gasteiger partial charge in [0.25, 0.3) is 10.2 Å². The van der Waals surface area contributed by atoms with Crippen LogP contribution in [0, 0.1) is 5.92 Å². The van der Waals surface area contributed by atoms with Crippen molar-refractivity contribution in [1.82, 2.24) is 13.5 Å². The fourth-order valence-electron chi connectivity index (χ4n) is 3.71. The third-order valence-corrected chi connectivity index (χ3v) is 7.46. The molecular weight excluding hydrogens is 350 g/mol. The van der Waals surface area contributed by atoms with Crippen LogP contribution in [0.5, 0.6) is 0 Å². The summed E-state index contributed by atoms with van der Waals surface area (Å²) in [7, 11) is -1.45. The fourth-order valence-corrected chi connectivity index (χ4v) is 5.39. The van der Waals surface area contributed by atoms with Gasteiger partial charge in [-0.3, -0.25) is 4.79 Å². The highest BCUT2D eigenvalue weighted by atomic mass is 32.2. The van der Waals surface area contributed by atoms with Crippen LogP contribution in [0.15, 0.2) is 30.3 Å². The van der Waals surface area contributed by atoms with Gasteiger partial charge >= 0.3 is 0 Å². The molecule has 6 nitrogen and oxygen atoms in total. The Balaban J connectivity index is 1.57. The molecule has 1 atom stereocenters. The monoisotopic (exact) mass is 379 g/mol. The van der Waals surface area contributed by atoms with Gasteiger partial charge in [0.15, 0.2) is 0 Å². The summed E-state index contributed by atoms with van der Waals surface area (Å²) in [5.41, 5.74) is 1.15. The Kier molecular flexibility index (Phi) is 6.45. The molecule has 2 aliphatic heterocycles. The summed E-state index contributed by atoms with van der Waals surface area (Å²) in [6.45, 7) is 3.43. The van der Waals surface area contributed by atoms with Crippen LogP contribution in [-0.4, -0.2) is 74.0 Å². The van der Waals surface area contributed by atoms with Gasteiger partial charge in [-0.25, -0.2) is 0 Å². The smallest absolute Gasteiger partial charge is 0.282 e. The van der Waals surface area contributed by atoms with Crippen LogP contribution in [0.4, 0.5) is 0 Å². The lowest BCUT2D eigenvalue weighted by atomic mass is 9.91. The van der Waals surface area contributed by atoms with Gasteiger partial charge in [0.05, 0.1) is 0 Å². The summed E-state index contributed by atoms with van der Waals surface area (Å²) < 4.78 is 28.9. The second-order valence-electron chi connectivity index (χ2n) is 7.36. The van der Waals surface area contributed by atoms with E-state index in [1.807, 2.05) is 37.4 Å². The largest absolute Gasteiger partial charge is 0.304 e. The molecular formula is C19H29N3O3S. The maximum atomic E-state index is 12.9. The van der Waals surface area contributed by atoms with Gasteiger partial charge in [-0.15, -0.1) is 0 Å². The first-order valence-electron chi connectivity index (χ1n) is 9.47. The van der Waals surface area contributed by atoms with Crippen molar-refractivity contribution in [2.24, 2.45) is 5.92 Å². The molecule has 1 unspecified atom stereocenters. The zero-order valence-electron chi connectivity index (χ0n) is 15.5. The lowest BCUT2D eigenvalue weighted by Crippen LogP contribution is -2.54. The SMILES string of the molecule is CN1CCN(S(=O)(=O)N2CCCC(C(=O)CCc3ccccc3)C2)CC1. The van der Waals surface area contributed by atoms with E-state index in [2.05, 4.69) is 4.90 Å². The average molecular weight is 380 g/mol. The molecule has 0 bridgehead atoms. The van der Waals surface area contributed by atoms with E-state index in [-0.39, 0.29) is 11.7 Å².